The molecule has 0 bridgehead atoms. The lowest BCUT2D eigenvalue weighted by Gasteiger charge is -2.18. The van der Waals surface area contributed by atoms with Gasteiger partial charge in [-0.25, -0.2) is 18.6 Å². The Morgan fingerprint density at radius 3 is 2.74 bits per heavy atom. The van der Waals surface area contributed by atoms with Crippen LogP contribution in [0.15, 0.2) is 18.2 Å². The summed E-state index contributed by atoms with van der Waals surface area (Å²) in [5.74, 6) is -0.0690. The smallest absolute Gasteiger partial charge is 0.319 e. The van der Waals surface area contributed by atoms with E-state index in [0.29, 0.717) is 29.1 Å². The first kappa shape index (κ1) is 17.1. The van der Waals surface area contributed by atoms with Crippen LogP contribution in [0.1, 0.15) is 32.5 Å². The van der Waals surface area contributed by atoms with E-state index >= 15 is 0 Å². The highest BCUT2D eigenvalue weighted by atomic mass is 19.3. The summed E-state index contributed by atoms with van der Waals surface area (Å²) in [5.41, 5.74) is 1.26. The standard InChI is InChI=1S/C15H20F2N4O2/c1-8(2)5-10(7-22)19-15(23)18-9-3-4-11-12(6-9)21-14(20-11)13(16)17/h3-4,6,8,10,13,22H,5,7H2,1-2H3,(H,20,21)(H2,18,19,23). The number of aliphatic hydroxyl groups is 1. The molecule has 1 atom stereocenters. The number of carbonyl (C=O) groups is 1. The third-order valence-corrected chi connectivity index (χ3v) is 3.28. The highest BCUT2D eigenvalue weighted by Crippen LogP contribution is 2.22. The molecule has 0 saturated heterocycles. The lowest BCUT2D eigenvalue weighted by molar-refractivity contribution is 0.142. The summed E-state index contributed by atoms with van der Waals surface area (Å²) >= 11 is 0. The summed E-state index contributed by atoms with van der Waals surface area (Å²) in [7, 11) is 0. The maximum Gasteiger partial charge on any atom is 0.319 e. The molecule has 0 spiro atoms. The monoisotopic (exact) mass is 326 g/mol. The fourth-order valence-electron chi connectivity index (χ4n) is 2.31. The lowest BCUT2D eigenvalue weighted by atomic mass is 10.0. The highest BCUT2D eigenvalue weighted by Gasteiger charge is 2.15. The van der Waals surface area contributed by atoms with E-state index in [4.69, 9.17) is 0 Å². The average molecular weight is 326 g/mol. The van der Waals surface area contributed by atoms with Gasteiger partial charge in [0.2, 0.25) is 0 Å². The van der Waals surface area contributed by atoms with Gasteiger partial charge >= 0.3 is 6.03 Å². The van der Waals surface area contributed by atoms with Crippen molar-refractivity contribution in [3.05, 3.63) is 24.0 Å². The number of nitrogens with one attached hydrogen (secondary N) is 3. The normalized spacial score (nSPS) is 12.8. The molecular weight excluding hydrogens is 306 g/mol. The fourth-order valence-corrected chi connectivity index (χ4v) is 2.31. The van der Waals surface area contributed by atoms with Crippen LogP contribution in [0.5, 0.6) is 0 Å². The van der Waals surface area contributed by atoms with Crippen LogP contribution in [-0.2, 0) is 0 Å². The summed E-state index contributed by atoms with van der Waals surface area (Å²) < 4.78 is 25.2. The molecule has 0 radical (unpaired) electrons. The number of H-pyrrole nitrogens is 1. The number of halogens is 2. The van der Waals surface area contributed by atoms with Crippen LogP contribution in [-0.4, -0.2) is 33.8 Å². The van der Waals surface area contributed by atoms with Gasteiger partial charge in [0.05, 0.1) is 23.7 Å². The maximum absolute atomic E-state index is 12.6. The van der Waals surface area contributed by atoms with Gasteiger partial charge in [0.1, 0.15) is 0 Å². The van der Waals surface area contributed by atoms with Gasteiger partial charge in [-0.2, -0.15) is 0 Å². The molecule has 2 aromatic rings. The first-order valence-corrected chi connectivity index (χ1v) is 7.35. The Balaban J connectivity index is 2.04. The fraction of sp³-hybridized carbons (Fsp3) is 0.467. The van der Waals surface area contributed by atoms with Gasteiger partial charge in [0.15, 0.2) is 5.82 Å². The molecule has 1 aromatic carbocycles. The molecule has 0 fully saturated rings. The minimum atomic E-state index is -2.68. The Kier molecular flexibility index (Phi) is 5.49. The number of benzene rings is 1. The lowest BCUT2D eigenvalue weighted by Crippen LogP contribution is -2.40. The van der Waals surface area contributed by atoms with Crippen LogP contribution >= 0.6 is 0 Å². The van der Waals surface area contributed by atoms with Gasteiger partial charge in [0, 0.05) is 5.69 Å². The Morgan fingerprint density at radius 1 is 1.39 bits per heavy atom. The van der Waals surface area contributed by atoms with Crippen LogP contribution in [0.3, 0.4) is 0 Å². The quantitative estimate of drug-likeness (QED) is 0.658. The number of aliphatic hydroxyl groups excluding tert-OH is 1. The molecule has 0 aliphatic carbocycles. The molecule has 1 aromatic heterocycles. The third kappa shape index (κ3) is 4.62. The van der Waals surface area contributed by atoms with Crippen molar-refractivity contribution in [3.63, 3.8) is 0 Å². The van der Waals surface area contributed by atoms with Crippen LogP contribution in [0.2, 0.25) is 0 Å². The molecule has 126 valence electrons. The predicted octanol–water partition coefficient (Wildman–Crippen LogP) is 3.03. The molecule has 0 aliphatic heterocycles. The summed E-state index contributed by atoms with van der Waals surface area (Å²) in [6.07, 6.45) is -2.02. The first-order chi connectivity index (χ1) is 10.9. The Morgan fingerprint density at radius 2 is 2.13 bits per heavy atom. The van der Waals surface area contributed by atoms with Crippen molar-refractivity contribution < 1.29 is 18.7 Å². The predicted molar refractivity (Wildman–Crippen MR) is 83.5 cm³/mol. The zero-order valence-corrected chi connectivity index (χ0v) is 12.9. The molecule has 1 heterocycles. The number of nitrogens with zero attached hydrogens (tertiary/aromatic N) is 1. The van der Waals surface area contributed by atoms with E-state index < -0.39 is 18.3 Å². The third-order valence-electron chi connectivity index (χ3n) is 3.28. The van der Waals surface area contributed by atoms with Gasteiger partial charge in [0.25, 0.3) is 6.43 Å². The minimum Gasteiger partial charge on any atom is -0.394 e. The number of rotatable bonds is 6. The van der Waals surface area contributed by atoms with Crippen LogP contribution in [0, 0.1) is 5.92 Å². The summed E-state index contributed by atoms with van der Waals surface area (Å²) in [4.78, 5) is 18.2. The number of urea groups is 1. The molecule has 1 unspecified atom stereocenters. The number of fused-ring (bicyclic) bond motifs is 1. The second-order valence-electron chi connectivity index (χ2n) is 5.76. The number of amides is 2. The molecule has 23 heavy (non-hydrogen) atoms. The summed E-state index contributed by atoms with van der Waals surface area (Å²) in [6, 6.07) is 3.86. The van der Waals surface area contributed by atoms with Crippen LogP contribution in [0.4, 0.5) is 19.3 Å². The van der Waals surface area contributed by atoms with E-state index in [1.54, 1.807) is 12.1 Å². The van der Waals surface area contributed by atoms with E-state index in [0.717, 1.165) is 0 Å². The molecule has 4 N–H and O–H groups in total. The summed E-state index contributed by atoms with van der Waals surface area (Å²) in [5, 5.41) is 14.5. The van der Waals surface area contributed by atoms with Crippen molar-refractivity contribution >= 4 is 22.8 Å². The molecule has 2 rings (SSSR count). The molecule has 0 aliphatic rings. The zero-order chi connectivity index (χ0) is 17.0. The number of carbonyl (C=O) groups excluding carboxylic acids is 1. The van der Waals surface area contributed by atoms with Crippen molar-refractivity contribution in [1.29, 1.82) is 0 Å². The second-order valence-corrected chi connectivity index (χ2v) is 5.76. The highest BCUT2D eigenvalue weighted by molar-refractivity contribution is 5.92. The van der Waals surface area contributed by atoms with E-state index in [1.165, 1.54) is 6.07 Å². The topological polar surface area (TPSA) is 90.0 Å². The van der Waals surface area contributed by atoms with E-state index in [9.17, 15) is 18.7 Å². The van der Waals surface area contributed by atoms with E-state index in [2.05, 4.69) is 20.6 Å². The van der Waals surface area contributed by atoms with Gasteiger partial charge in [-0.3, -0.25) is 0 Å². The van der Waals surface area contributed by atoms with Crippen molar-refractivity contribution in [1.82, 2.24) is 15.3 Å². The van der Waals surface area contributed by atoms with Gasteiger partial charge < -0.3 is 20.7 Å². The largest absolute Gasteiger partial charge is 0.394 e. The average Bonchev–Trinajstić information content (AvgIpc) is 2.89. The Labute approximate surface area is 132 Å². The van der Waals surface area contributed by atoms with Gasteiger partial charge in [-0.05, 0) is 30.5 Å². The summed E-state index contributed by atoms with van der Waals surface area (Å²) in [6.45, 7) is 3.84. The van der Waals surface area contributed by atoms with Crippen LogP contribution in [0.25, 0.3) is 11.0 Å². The molecule has 6 nitrogen and oxygen atoms in total. The Bertz CT molecular complexity index is 673. The Hall–Kier alpha value is -2.22. The van der Waals surface area contributed by atoms with Crippen molar-refractivity contribution in [2.45, 2.75) is 32.7 Å². The van der Waals surface area contributed by atoms with Crippen molar-refractivity contribution in [3.8, 4) is 0 Å². The molecule has 2 amide bonds. The maximum atomic E-state index is 12.6. The number of aromatic nitrogens is 2. The molecular formula is C15H20F2N4O2. The molecule has 8 heteroatoms. The molecule has 0 saturated carbocycles. The number of alkyl halides is 2. The zero-order valence-electron chi connectivity index (χ0n) is 12.9. The van der Waals surface area contributed by atoms with Crippen LogP contribution < -0.4 is 10.6 Å². The van der Waals surface area contributed by atoms with Crippen molar-refractivity contribution in [2.75, 3.05) is 11.9 Å². The number of aromatic amines is 1. The van der Waals surface area contributed by atoms with Crippen molar-refractivity contribution in [2.24, 2.45) is 5.92 Å². The SMILES string of the molecule is CC(C)CC(CO)NC(=O)Nc1ccc2nc(C(F)F)[nH]c2c1. The number of imidazole rings is 1. The van der Waals surface area contributed by atoms with E-state index in [-0.39, 0.29) is 12.6 Å². The second kappa shape index (κ2) is 7.36. The van der Waals surface area contributed by atoms with Gasteiger partial charge in [-0.1, -0.05) is 13.8 Å². The van der Waals surface area contributed by atoms with E-state index in [1.807, 2.05) is 13.8 Å². The first-order valence-electron chi connectivity index (χ1n) is 7.35. The number of hydrogen-bond donors (Lipinski definition) is 4. The number of hydrogen-bond acceptors (Lipinski definition) is 3. The number of anilines is 1. The van der Waals surface area contributed by atoms with Gasteiger partial charge in [-0.15, -0.1) is 0 Å². The minimum absolute atomic E-state index is 0.150.